The van der Waals surface area contributed by atoms with Crippen LogP contribution in [0.5, 0.6) is 11.5 Å². The standard InChI is InChI=1S/C17H20O3/c1-19-16-8-6-14(7-9-16)11-13-20-17-5-3-2-4-15(17)10-12-18/h2-9,18H,10-13H2,1H3. The Bertz CT molecular complexity index is 520. The molecule has 106 valence electrons. The van der Waals surface area contributed by atoms with Crippen LogP contribution in [0.3, 0.4) is 0 Å². The fraction of sp³-hybridized carbons (Fsp3) is 0.294. The molecule has 0 aromatic heterocycles. The summed E-state index contributed by atoms with van der Waals surface area (Å²) in [4.78, 5) is 0. The molecule has 0 aliphatic carbocycles. The summed E-state index contributed by atoms with van der Waals surface area (Å²) in [6, 6.07) is 15.8. The van der Waals surface area contributed by atoms with Gasteiger partial charge in [0, 0.05) is 13.0 Å². The Balaban J connectivity index is 1.89. The van der Waals surface area contributed by atoms with Gasteiger partial charge in [-0.15, -0.1) is 0 Å². The van der Waals surface area contributed by atoms with Crippen LogP contribution in [0.1, 0.15) is 11.1 Å². The minimum absolute atomic E-state index is 0.138. The van der Waals surface area contributed by atoms with E-state index in [1.165, 1.54) is 5.56 Å². The topological polar surface area (TPSA) is 38.7 Å². The Hall–Kier alpha value is -2.00. The first kappa shape index (κ1) is 14.4. The van der Waals surface area contributed by atoms with Crippen molar-refractivity contribution in [2.24, 2.45) is 0 Å². The Kier molecular flexibility index (Phi) is 5.44. The summed E-state index contributed by atoms with van der Waals surface area (Å²) in [5.41, 5.74) is 2.26. The van der Waals surface area contributed by atoms with E-state index in [-0.39, 0.29) is 6.61 Å². The highest BCUT2D eigenvalue weighted by atomic mass is 16.5. The number of rotatable bonds is 7. The summed E-state index contributed by atoms with van der Waals surface area (Å²) in [5.74, 6) is 1.72. The predicted molar refractivity (Wildman–Crippen MR) is 79.4 cm³/mol. The quantitative estimate of drug-likeness (QED) is 0.842. The summed E-state index contributed by atoms with van der Waals surface area (Å²) in [7, 11) is 1.66. The molecule has 0 unspecified atom stereocenters. The van der Waals surface area contributed by atoms with Crippen LogP contribution in [-0.2, 0) is 12.8 Å². The van der Waals surface area contributed by atoms with Crippen LogP contribution >= 0.6 is 0 Å². The van der Waals surface area contributed by atoms with Crippen LogP contribution in [0.25, 0.3) is 0 Å². The lowest BCUT2D eigenvalue weighted by Crippen LogP contribution is -2.04. The van der Waals surface area contributed by atoms with Gasteiger partial charge < -0.3 is 14.6 Å². The molecule has 0 spiro atoms. The minimum Gasteiger partial charge on any atom is -0.497 e. The summed E-state index contributed by atoms with van der Waals surface area (Å²) in [6.07, 6.45) is 1.47. The average molecular weight is 272 g/mol. The van der Waals surface area contributed by atoms with Gasteiger partial charge in [-0.25, -0.2) is 0 Å². The lowest BCUT2D eigenvalue weighted by molar-refractivity contribution is 0.289. The zero-order valence-electron chi connectivity index (χ0n) is 11.7. The Morgan fingerprint density at radius 3 is 2.40 bits per heavy atom. The highest BCUT2D eigenvalue weighted by molar-refractivity contribution is 5.33. The second-order valence-corrected chi connectivity index (χ2v) is 4.53. The first-order chi connectivity index (χ1) is 9.83. The van der Waals surface area contributed by atoms with E-state index in [0.29, 0.717) is 13.0 Å². The van der Waals surface area contributed by atoms with Gasteiger partial charge >= 0.3 is 0 Å². The molecule has 3 heteroatoms. The second-order valence-electron chi connectivity index (χ2n) is 4.53. The third-order valence-electron chi connectivity index (χ3n) is 3.16. The van der Waals surface area contributed by atoms with Gasteiger partial charge in [-0.1, -0.05) is 30.3 Å². The lowest BCUT2D eigenvalue weighted by Gasteiger charge is -2.11. The van der Waals surface area contributed by atoms with Gasteiger partial charge in [-0.2, -0.15) is 0 Å². The van der Waals surface area contributed by atoms with Gasteiger partial charge in [-0.3, -0.25) is 0 Å². The number of methoxy groups -OCH3 is 1. The average Bonchev–Trinajstić information content (AvgIpc) is 2.50. The molecule has 0 aliphatic rings. The first-order valence-corrected chi connectivity index (χ1v) is 6.78. The molecule has 0 radical (unpaired) electrons. The van der Waals surface area contributed by atoms with Gasteiger partial charge in [-0.05, 0) is 35.7 Å². The van der Waals surface area contributed by atoms with E-state index in [9.17, 15) is 0 Å². The molecular weight excluding hydrogens is 252 g/mol. The monoisotopic (exact) mass is 272 g/mol. The second kappa shape index (κ2) is 7.56. The molecule has 0 saturated carbocycles. The lowest BCUT2D eigenvalue weighted by atomic mass is 10.1. The van der Waals surface area contributed by atoms with Crippen molar-refractivity contribution in [1.82, 2.24) is 0 Å². The molecule has 0 amide bonds. The molecule has 0 fully saturated rings. The molecule has 0 aliphatic heterocycles. The SMILES string of the molecule is COc1ccc(CCOc2ccccc2CCO)cc1. The minimum atomic E-state index is 0.138. The summed E-state index contributed by atoms with van der Waals surface area (Å²) in [5, 5.41) is 9.03. The summed E-state index contributed by atoms with van der Waals surface area (Å²) in [6.45, 7) is 0.758. The van der Waals surface area contributed by atoms with Crippen molar-refractivity contribution in [3.8, 4) is 11.5 Å². The largest absolute Gasteiger partial charge is 0.497 e. The highest BCUT2D eigenvalue weighted by Crippen LogP contribution is 2.19. The molecule has 0 atom stereocenters. The molecule has 20 heavy (non-hydrogen) atoms. The third-order valence-corrected chi connectivity index (χ3v) is 3.16. The zero-order chi connectivity index (χ0) is 14.2. The van der Waals surface area contributed by atoms with Crippen LogP contribution in [-0.4, -0.2) is 25.4 Å². The van der Waals surface area contributed by atoms with E-state index in [2.05, 4.69) is 0 Å². The van der Waals surface area contributed by atoms with Crippen molar-refractivity contribution in [1.29, 1.82) is 0 Å². The van der Waals surface area contributed by atoms with Crippen LogP contribution in [0.4, 0.5) is 0 Å². The molecule has 0 bridgehead atoms. The molecule has 2 rings (SSSR count). The molecule has 1 N–H and O–H groups in total. The van der Waals surface area contributed by atoms with Crippen molar-refractivity contribution in [2.45, 2.75) is 12.8 Å². The van der Waals surface area contributed by atoms with Crippen LogP contribution in [0.2, 0.25) is 0 Å². The van der Waals surface area contributed by atoms with Crippen LogP contribution in [0, 0.1) is 0 Å². The first-order valence-electron chi connectivity index (χ1n) is 6.78. The highest BCUT2D eigenvalue weighted by Gasteiger charge is 2.02. The molecule has 2 aromatic rings. The molecule has 2 aromatic carbocycles. The van der Waals surface area contributed by atoms with Gasteiger partial charge in [0.15, 0.2) is 0 Å². The molecule has 0 saturated heterocycles. The Morgan fingerprint density at radius 1 is 0.950 bits per heavy atom. The number of para-hydroxylation sites is 1. The van der Waals surface area contributed by atoms with Crippen molar-refractivity contribution < 1.29 is 14.6 Å². The van der Waals surface area contributed by atoms with Crippen molar-refractivity contribution in [3.05, 3.63) is 59.7 Å². The van der Waals surface area contributed by atoms with E-state index in [0.717, 1.165) is 23.5 Å². The van der Waals surface area contributed by atoms with E-state index in [1.54, 1.807) is 7.11 Å². The van der Waals surface area contributed by atoms with E-state index in [1.807, 2.05) is 48.5 Å². The van der Waals surface area contributed by atoms with Gasteiger partial charge in [0.2, 0.25) is 0 Å². The fourth-order valence-corrected chi connectivity index (χ4v) is 2.04. The maximum atomic E-state index is 9.03. The number of hydrogen-bond donors (Lipinski definition) is 1. The molecular formula is C17H20O3. The maximum absolute atomic E-state index is 9.03. The number of ether oxygens (including phenoxy) is 2. The Labute approximate surface area is 119 Å². The van der Waals surface area contributed by atoms with Gasteiger partial charge in [0.05, 0.1) is 13.7 Å². The third kappa shape index (κ3) is 4.00. The van der Waals surface area contributed by atoms with E-state index >= 15 is 0 Å². The van der Waals surface area contributed by atoms with Crippen molar-refractivity contribution in [3.63, 3.8) is 0 Å². The van der Waals surface area contributed by atoms with Gasteiger partial charge in [0.1, 0.15) is 11.5 Å². The maximum Gasteiger partial charge on any atom is 0.122 e. The van der Waals surface area contributed by atoms with Gasteiger partial charge in [0.25, 0.3) is 0 Å². The molecule has 0 heterocycles. The summed E-state index contributed by atoms with van der Waals surface area (Å²) >= 11 is 0. The number of hydrogen-bond acceptors (Lipinski definition) is 3. The number of benzene rings is 2. The Morgan fingerprint density at radius 2 is 1.70 bits per heavy atom. The zero-order valence-corrected chi connectivity index (χ0v) is 11.7. The van der Waals surface area contributed by atoms with E-state index < -0.39 is 0 Å². The smallest absolute Gasteiger partial charge is 0.122 e. The van der Waals surface area contributed by atoms with Crippen LogP contribution < -0.4 is 9.47 Å². The van der Waals surface area contributed by atoms with Crippen LogP contribution in [0.15, 0.2) is 48.5 Å². The number of aliphatic hydroxyl groups excluding tert-OH is 1. The van der Waals surface area contributed by atoms with Crippen molar-refractivity contribution >= 4 is 0 Å². The predicted octanol–water partition coefficient (Wildman–Crippen LogP) is 2.85. The fourth-order valence-electron chi connectivity index (χ4n) is 2.04. The van der Waals surface area contributed by atoms with E-state index in [4.69, 9.17) is 14.6 Å². The normalized spacial score (nSPS) is 10.3. The van der Waals surface area contributed by atoms with Crippen molar-refractivity contribution in [2.75, 3.05) is 20.3 Å². The molecule has 3 nitrogen and oxygen atoms in total. The summed E-state index contributed by atoms with van der Waals surface area (Å²) < 4.78 is 10.9. The number of aliphatic hydroxyl groups is 1.